The van der Waals surface area contributed by atoms with Crippen LogP contribution in [-0.4, -0.2) is 26.4 Å². The number of Topliss-reactive ketones (excluding diaryl/α,β-unsaturated/α-hetero) is 1. The molecule has 6 rings (SSSR count). The van der Waals surface area contributed by atoms with Crippen molar-refractivity contribution < 1.29 is 9.72 Å². The van der Waals surface area contributed by atoms with Crippen LogP contribution < -0.4 is 21.9 Å². The van der Waals surface area contributed by atoms with Crippen molar-refractivity contribution in [3.8, 4) is 0 Å². The number of anilines is 2. The predicted octanol–water partition coefficient (Wildman–Crippen LogP) is 1.74. The van der Waals surface area contributed by atoms with Crippen LogP contribution >= 0.6 is 0 Å². The third-order valence-corrected chi connectivity index (χ3v) is 6.90. The molecule has 0 fully saturated rings. The van der Waals surface area contributed by atoms with Crippen molar-refractivity contribution in [2.24, 2.45) is 14.1 Å². The Bertz CT molecular complexity index is 1610. The van der Waals surface area contributed by atoms with Crippen LogP contribution in [0.5, 0.6) is 0 Å². The Balaban J connectivity index is 1.80. The van der Waals surface area contributed by atoms with E-state index >= 15 is 0 Å². The summed E-state index contributed by atoms with van der Waals surface area (Å²) in [6.07, 6.45) is 0. The minimum Gasteiger partial charge on any atom is -0.383 e. The second-order valence-corrected chi connectivity index (χ2v) is 8.42. The third kappa shape index (κ3) is 2.14. The molecule has 10 heteroatoms. The summed E-state index contributed by atoms with van der Waals surface area (Å²) >= 11 is 0. The quantitative estimate of drug-likeness (QED) is 0.433. The first-order valence-electron chi connectivity index (χ1n) is 10.3. The van der Waals surface area contributed by atoms with Gasteiger partial charge in [0, 0.05) is 55.2 Å². The Morgan fingerprint density at radius 3 is 2.48 bits per heavy atom. The molecule has 10 nitrogen and oxygen atoms in total. The number of rotatable bonds is 1. The summed E-state index contributed by atoms with van der Waals surface area (Å²) in [6.45, 7) is 0.143. The number of fused-ring (bicyclic) bond motifs is 7. The third-order valence-electron chi connectivity index (χ3n) is 6.90. The molecule has 2 N–H and O–H groups in total. The molecule has 2 aromatic carbocycles. The molecule has 2 aliphatic heterocycles. The van der Waals surface area contributed by atoms with E-state index in [-0.39, 0.29) is 29.4 Å². The summed E-state index contributed by atoms with van der Waals surface area (Å²) in [5.74, 6) is 0.0170. The van der Waals surface area contributed by atoms with Gasteiger partial charge in [-0.1, -0.05) is 24.3 Å². The lowest BCUT2D eigenvalue weighted by Gasteiger charge is -2.37. The van der Waals surface area contributed by atoms with E-state index in [0.717, 1.165) is 4.57 Å². The molecule has 0 radical (unpaired) electrons. The van der Waals surface area contributed by atoms with E-state index in [1.807, 2.05) is 0 Å². The maximum absolute atomic E-state index is 13.7. The SMILES string of the molecule is Cn1c2c(c(=O)n(C)c1=O)C1(CNc3ccc([N+](=O)[O-])cc31)C1=C(N2)c2ccccc2C1=O. The average Bonchev–Trinajstić information content (AvgIpc) is 3.32. The lowest BCUT2D eigenvalue weighted by Crippen LogP contribution is -2.50. The number of carbonyl (C=O) groups is 1. The lowest BCUT2D eigenvalue weighted by atomic mass is 9.68. The van der Waals surface area contributed by atoms with Gasteiger partial charge in [0.1, 0.15) is 5.82 Å². The minimum atomic E-state index is -1.31. The minimum absolute atomic E-state index is 0.143. The molecule has 0 saturated heterocycles. The topological polar surface area (TPSA) is 128 Å². The summed E-state index contributed by atoms with van der Waals surface area (Å²) in [5, 5.41) is 18.0. The van der Waals surface area contributed by atoms with Crippen LogP contribution in [0.3, 0.4) is 0 Å². The fraction of sp³-hybridized carbons (Fsp3) is 0.174. The van der Waals surface area contributed by atoms with Gasteiger partial charge in [-0.2, -0.15) is 0 Å². The van der Waals surface area contributed by atoms with Gasteiger partial charge < -0.3 is 10.6 Å². The summed E-state index contributed by atoms with van der Waals surface area (Å²) in [5.41, 5.74) is 0.716. The molecule has 1 aliphatic carbocycles. The van der Waals surface area contributed by atoms with Crippen LogP contribution in [-0.2, 0) is 19.5 Å². The van der Waals surface area contributed by atoms with Gasteiger partial charge in [0.15, 0.2) is 5.78 Å². The van der Waals surface area contributed by atoms with Crippen LogP contribution in [0.4, 0.5) is 17.2 Å². The lowest BCUT2D eigenvalue weighted by molar-refractivity contribution is -0.384. The highest BCUT2D eigenvalue weighted by molar-refractivity contribution is 6.25. The number of hydrogen-bond donors (Lipinski definition) is 2. The molecule has 3 heterocycles. The van der Waals surface area contributed by atoms with Gasteiger partial charge in [-0.25, -0.2) is 4.79 Å². The highest BCUT2D eigenvalue weighted by Gasteiger charge is 2.56. The van der Waals surface area contributed by atoms with Crippen LogP contribution in [0.2, 0.25) is 0 Å². The largest absolute Gasteiger partial charge is 0.383 e. The van der Waals surface area contributed by atoms with Crippen LogP contribution in [0, 0.1) is 10.1 Å². The fourth-order valence-electron chi connectivity index (χ4n) is 5.36. The summed E-state index contributed by atoms with van der Waals surface area (Å²) in [6, 6.07) is 11.5. The van der Waals surface area contributed by atoms with Crippen LogP contribution in [0.15, 0.2) is 57.6 Å². The molecule has 1 aromatic heterocycles. The van der Waals surface area contributed by atoms with Crippen LogP contribution in [0.1, 0.15) is 27.0 Å². The zero-order valence-electron chi connectivity index (χ0n) is 17.6. The molecule has 33 heavy (non-hydrogen) atoms. The normalized spacial score (nSPS) is 19.5. The van der Waals surface area contributed by atoms with Crippen molar-refractivity contribution in [3.05, 3.63) is 101 Å². The Kier molecular flexibility index (Phi) is 3.53. The number of ketones is 1. The number of non-ortho nitro benzene ring substituents is 1. The van der Waals surface area contributed by atoms with Gasteiger partial charge in [-0.15, -0.1) is 0 Å². The van der Waals surface area contributed by atoms with E-state index in [9.17, 15) is 24.5 Å². The molecule has 0 saturated carbocycles. The molecular formula is C23H17N5O5. The van der Waals surface area contributed by atoms with E-state index in [2.05, 4.69) is 10.6 Å². The Morgan fingerprint density at radius 2 is 1.76 bits per heavy atom. The Morgan fingerprint density at radius 1 is 1.03 bits per heavy atom. The Hall–Kier alpha value is -4.47. The van der Waals surface area contributed by atoms with Crippen molar-refractivity contribution >= 4 is 28.7 Å². The van der Waals surface area contributed by atoms with Crippen molar-refractivity contribution in [1.29, 1.82) is 0 Å². The van der Waals surface area contributed by atoms with E-state index in [1.165, 1.54) is 23.7 Å². The van der Waals surface area contributed by atoms with Crippen molar-refractivity contribution in [3.63, 3.8) is 0 Å². The van der Waals surface area contributed by atoms with Gasteiger partial charge in [0.25, 0.3) is 11.2 Å². The second-order valence-electron chi connectivity index (χ2n) is 8.42. The van der Waals surface area contributed by atoms with Crippen molar-refractivity contribution in [2.45, 2.75) is 5.41 Å². The van der Waals surface area contributed by atoms with Crippen molar-refractivity contribution in [1.82, 2.24) is 9.13 Å². The Labute approximate surface area is 185 Å². The number of nitro benzene ring substituents is 1. The zero-order chi connectivity index (χ0) is 23.2. The summed E-state index contributed by atoms with van der Waals surface area (Å²) in [7, 11) is 2.93. The van der Waals surface area contributed by atoms with Gasteiger partial charge in [0.2, 0.25) is 0 Å². The van der Waals surface area contributed by atoms with Crippen molar-refractivity contribution in [2.75, 3.05) is 17.2 Å². The number of hydrogen-bond acceptors (Lipinski definition) is 7. The first-order valence-corrected chi connectivity index (χ1v) is 10.3. The van der Waals surface area contributed by atoms with Gasteiger partial charge >= 0.3 is 5.69 Å². The van der Waals surface area contributed by atoms with Gasteiger partial charge in [-0.05, 0) is 11.6 Å². The monoisotopic (exact) mass is 443 g/mol. The first-order chi connectivity index (χ1) is 15.8. The number of aromatic nitrogens is 2. The fourth-order valence-corrected chi connectivity index (χ4v) is 5.36. The standard InChI is InChI=1S/C23H17N5O5/c1-26-20-17(21(30)27(2)22(26)31)23(10-24-15-8-7-11(28(32)33)9-14(15)23)16-18(25-20)12-5-3-4-6-13(12)19(16)29/h3-9,24-25H,10H2,1-2H3. The number of carbonyl (C=O) groups excluding carboxylic acids is 1. The molecule has 0 bridgehead atoms. The highest BCUT2D eigenvalue weighted by atomic mass is 16.6. The average molecular weight is 443 g/mol. The highest BCUT2D eigenvalue weighted by Crippen LogP contribution is 2.56. The van der Waals surface area contributed by atoms with Gasteiger partial charge in [0.05, 0.1) is 21.6 Å². The predicted molar refractivity (Wildman–Crippen MR) is 121 cm³/mol. The number of nitrogens with one attached hydrogen (secondary N) is 2. The molecule has 164 valence electrons. The molecule has 1 atom stereocenters. The first kappa shape index (κ1) is 19.2. The maximum Gasteiger partial charge on any atom is 0.332 e. The molecule has 1 spiro atoms. The molecular weight excluding hydrogens is 426 g/mol. The van der Waals surface area contributed by atoms with E-state index in [0.29, 0.717) is 33.6 Å². The zero-order valence-corrected chi connectivity index (χ0v) is 17.6. The molecule has 1 unspecified atom stereocenters. The summed E-state index contributed by atoms with van der Waals surface area (Å²) in [4.78, 5) is 51.1. The number of nitrogens with zero attached hydrogens (tertiary/aromatic N) is 3. The summed E-state index contributed by atoms with van der Waals surface area (Å²) < 4.78 is 2.33. The maximum atomic E-state index is 13.7. The van der Waals surface area contributed by atoms with Gasteiger partial charge in [-0.3, -0.25) is 28.8 Å². The second kappa shape index (κ2) is 6.06. The van der Waals surface area contributed by atoms with Crippen LogP contribution in [0.25, 0.3) is 5.70 Å². The number of benzene rings is 2. The smallest absolute Gasteiger partial charge is 0.332 e. The van der Waals surface area contributed by atoms with E-state index < -0.39 is 21.6 Å². The molecule has 3 aromatic rings. The van der Waals surface area contributed by atoms with E-state index in [1.54, 1.807) is 37.4 Å². The number of nitro groups is 1. The van der Waals surface area contributed by atoms with E-state index in [4.69, 9.17) is 0 Å². The molecule has 0 amide bonds. The molecule has 3 aliphatic rings.